The smallest absolute Gasteiger partial charge is 0.311 e. The molecule has 0 aliphatic heterocycles. The third-order valence-corrected chi connectivity index (χ3v) is 1.97. The Bertz CT molecular complexity index is 184. The number of allylic oxidation sites excluding steroid dienone is 1. The van der Waals surface area contributed by atoms with E-state index in [2.05, 4.69) is 4.74 Å². The molecule has 0 aliphatic rings. The molecule has 0 heterocycles. The van der Waals surface area contributed by atoms with Crippen molar-refractivity contribution in [1.82, 2.24) is 0 Å². The molecule has 0 unspecified atom stereocenters. The van der Waals surface area contributed by atoms with Crippen LogP contribution >= 0.6 is 0 Å². The molecule has 0 amide bonds. The zero-order chi connectivity index (χ0) is 9.72. The lowest BCUT2D eigenvalue weighted by atomic mass is 9.98. The number of hydrogen-bond acceptors (Lipinski definition) is 3. The first-order chi connectivity index (χ1) is 5.54. The lowest BCUT2D eigenvalue weighted by Gasteiger charge is -2.16. The van der Waals surface area contributed by atoms with Crippen LogP contribution in [0.15, 0.2) is 11.6 Å². The zero-order valence-electron chi connectivity index (χ0n) is 8.00. The molecule has 0 aliphatic carbocycles. The predicted octanol–water partition coefficient (Wildman–Crippen LogP) is 1.12. The van der Waals surface area contributed by atoms with E-state index in [1.807, 2.05) is 6.92 Å². The fourth-order valence-electron chi connectivity index (χ4n) is 0.880. The van der Waals surface area contributed by atoms with Gasteiger partial charge in [-0.3, -0.25) is 4.79 Å². The number of ether oxygens (including phenoxy) is 1. The van der Waals surface area contributed by atoms with E-state index in [0.717, 1.165) is 5.57 Å². The van der Waals surface area contributed by atoms with Crippen LogP contribution in [0.2, 0.25) is 0 Å². The normalized spacial score (nSPS) is 16.9. The summed E-state index contributed by atoms with van der Waals surface area (Å²) in [7, 11) is 1.32. The van der Waals surface area contributed by atoms with Gasteiger partial charge in [0, 0.05) is 0 Å². The van der Waals surface area contributed by atoms with Crippen LogP contribution in [0.4, 0.5) is 0 Å². The number of esters is 1. The van der Waals surface area contributed by atoms with Crippen molar-refractivity contribution in [2.75, 3.05) is 7.11 Å². The Morgan fingerprint density at radius 2 is 2.08 bits per heavy atom. The molecule has 3 heteroatoms. The minimum Gasteiger partial charge on any atom is -0.469 e. The Morgan fingerprint density at radius 1 is 1.58 bits per heavy atom. The Morgan fingerprint density at radius 3 is 2.42 bits per heavy atom. The number of rotatable bonds is 3. The van der Waals surface area contributed by atoms with E-state index in [1.165, 1.54) is 7.11 Å². The maximum atomic E-state index is 11.0. The van der Waals surface area contributed by atoms with Gasteiger partial charge in [0.1, 0.15) is 0 Å². The highest BCUT2D eigenvalue weighted by molar-refractivity contribution is 5.73. The molecule has 0 saturated heterocycles. The molecular formula is C9H16O3. The second kappa shape index (κ2) is 4.93. The molecule has 12 heavy (non-hydrogen) atoms. The van der Waals surface area contributed by atoms with Gasteiger partial charge in [-0.25, -0.2) is 0 Å². The van der Waals surface area contributed by atoms with Crippen molar-refractivity contribution >= 4 is 5.97 Å². The standard InChI is InChI=1S/C9H16O3/c1-5-6(2)8(10)7(3)9(11)12-4/h5,7-8,10H,1-4H3/b6-5+/t7-,8+/m1/s1. The molecule has 0 saturated carbocycles. The van der Waals surface area contributed by atoms with Crippen LogP contribution in [0.25, 0.3) is 0 Å². The van der Waals surface area contributed by atoms with Crippen molar-refractivity contribution in [3.8, 4) is 0 Å². The number of hydrogen-bond donors (Lipinski definition) is 1. The molecule has 0 aromatic heterocycles. The van der Waals surface area contributed by atoms with Crippen molar-refractivity contribution in [2.45, 2.75) is 26.9 Å². The summed E-state index contributed by atoms with van der Waals surface area (Å²) in [6, 6.07) is 0. The number of carbonyl (C=O) groups excluding carboxylic acids is 1. The number of aliphatic hydroxyl groups is 1. The highest BCUT2D eigenvalue weighted by atomic mass is 16.5. The third-order valence-electron chi connectivity index (χ3n) is 1.97. The largest absolute Gasteiger partial charge is 0.469 e. The van der Waals surface area contributed by atoms with Crippen LogP contribution in [0, 0.1) is 5.92 Å². The maximum Gasteiger partial charge on any atom is 0.311 e. The molecule has 0 bridgehead atoms. The monoisotopic (exact) mass is 172 g/mol. The summed E-state index contributed by atoms with van der Waals surface area (Å²) >= 11 is 0. The molecule has 0 spiro atoms. The summed E-state index contributed by atoms with van der Waals surface area (Å²) in [5.41, 5.74) is 0.785. The summed E-state index contributed by atoms with van der Waals surface area (Å²) < 4.78 is 4.50. The Labute approximate surface area is 73.0 Å². The summed E-state index contributed by atoms with van der Waals surface area (Å²) in [5, 5.41) is 9.52. The predicted molar refractivity (Wildman–Crippen MR) is 46.6 cm³/mol. The molecule has 3 nitrogen and oxygen atoms in total. The number of methoxy groups -OCH3 is 1. The van der Waals surface area contributed by atoms with Crippen LogP contribution in [0.1, 0.15) is 20.8 Å². The van der Waals surface area contributed by atoms with Crippen LogP contribution in [0.3, 0.4) is 0 Å². The van der Waals surface area contributed by atoms with Gasteiger partial charge in [0.2, 0.25) is 0 Å². The van der Waals surface area contributed by atoms with Crippen LogP contribution in [-0.2, 0) is 9.53 Å². The van der Waals surface area contributed by atoms with Crippen LogP contribution in [0.5, 0.6) is 0 Å². The number of carbonyl (C=O) groups is 1. The molecule has 70 valence electrons. The first kappa shape index (κ1) is 11.2. The second-order valence-electron chi connectivity index (χ2n) is 2.79. The Balaban J connectivity index is 4.28. The van der Waals surface area contributed by atoms with E-state index in [9.17, 15) is 9.90 Å². The van der Waals surface area contributed by atoms with Gasteiger partial charge in [-0.2, -0.15) is 0 Å². The molecule has 0 radical (unpaired) electrons. The van der Waals surface area contributed by atoms with Gasteiger partial charge in [-0.05, 0) is 26.3 Å². The van der Waals surface area contributed by atoms with Gasteiger partial charge in [0.25, 0.3) is 0 Å². The number of aliphatic hydroxyl groups excluding tert-OH is 1. The van der Waals surface area contributed by atoms with Crippen molar-refractivity contribution < 1.29 is 14.6 Å². The van der Waals surface area contributed by atoms with Gasteiger partial charge in [-0.1, -0.05) is 6.08 Å². The lowest BCUT2D eigenvalue weighted by molar-refractivity contribution is -0.147. The van der Waals surface area contributed by atoms with Gasteiger partial charge < -0.3 is 9.84 Å². The van der Waals surface area contributed by atoms with E-state index in [0.29, 0.717) is 0 Å². The van der Waals surface area contributed by atoms with Gasteiger partial charge >= 0.3 is 5.97 Å². The second-order valence-corrected chi connectivity index (χ2v) is 2.79. The highest BCUT2D eigenvalue weighted by Crippen LogP contribution is 2.12. The van der Waals surface area contributed by atoms with Crippen molar-refractivity contribution in [3.63, 3.8) is 0 Å². The highest BCUT2D eigenvalue weighted by Gasteiger charge is 2.23. The van der Waals surface area contributed by atoms with Crippen LogP contribution < -0.4 is 0 Å². The minimum atomic E-state index is -0.734. The zero-order valence-corrected chi connectivity index (χ0v) is 8.00. The maximum absolute atomic E-state index is 11.0. The van der Waals surface area contributed by atoms with E-state index in [-0.39, 0.29) is 5.97 Å². The average molecular weight is 172 g/mol. The van der Waals surface area contributed by atoms with E-state index in [4.69, 9.17) is 0 Å². The molecule has 0 fully saturated rings. The molecule has 0 rings (SSSR count). The van der Waals surface area contributed by atoms with E-state index >= 15 is 0 Å². The molecule has 2 atom stereocenters. The summed E-state index contributed by atoms with van der Waals surface area (Å²) in [5.74, 6) is -0.880. The SMILES string of the molecule is C/C=C(\C)[C@H](O)[C@@H](C)C(=O)OC. The quantitative estimate of drug-likeness (QED) is 0.512. The lowest BCUT2D eigenvalue weighted by Crippen LogP contribution is -2.27. The fraction of sp³-hybridized carbons (Fsp3) is 0.667. The van der Waals surface area contributed by atoms with Crippen molar-refractivity contribution in [3.05, 3.63) is 11.6 Å². The summed E-state index contributed by atoms with van der Waals surface area (Å²) in [6.45, 7) is 5.25. The van der Waals surface area contributed by atoms with Crippen molar-refractivity contribution in [2.24, 2.45) is 5.92 Å². The first-order valence-electron chi connectivity index (χ1n) is 3.93. The third kappa shape index (κ3) is 2.66. The molecular weight excluding hydrogens is 156 g/mol. The average Bonchev–Trinajstić information content (AvgIpc) is 2.12. The summed E-state index contributed by atoms with van der Waals surface area (Å²) in [6.07, 6.45) is 1.05. The molecule has 0 aromatic rings. The first-order valence-corrected chi connectivity index (χ1v) is 3.93. The van der Waals surface area contributed by atoms with E-state index < -0.39 is 12.0 Å². The Kier molecular flexibility index (Phi) is 4.59. The Hall–Kier alpha value is -0.830. The van der Waals surface area contributed by atoms with Gasteiger partial charge in [0.15, 0.2) is 0 Å². The summed E-state index contributed by atoms with van der Waals surface area (Å²) in [4.78, 5) is 11.0. The van der Waals surface area contributed by atoms with E-state index in [1.54, 1.807) is 19.9 Å². The molecule has 0 aromatic carbocycles. The fourth-order valence-corrected chi connectivity index (χ4v) is 0.880. The van der Waals surface area contributed by atoms with Gasteiger partial charge in [0.05, 0.1) is 19.1 Å². The van der Waals surface area contributed by atoms with Gasteiger partial charge in [-0.15, -0.1) is 0 Å². The van der Waals surface area contributed by atoms with Crippen LogP contribution in [-0.4, -0.2) is 24.3 Å². The topological polar surface area (TPSA) is 46.5 Å². The minimum absolute atomic E-state index is 0.385. The van der Waals surface area contributed by atoms with Crippen molar-refractivity contribution in [1.29, 1.82) is 0 Å². The molecule has 1 N–H and O–H groups in total.